The van der Waals surface area contributed by atoms with Gasteiger partial charge in [-0.25, -0.2) is 4.98 Å². The van der Waals surface area contributed by atoms with Gasteiger partial charge >= 0.3 is 0 Å². The van der Waals surface area contributed by atoms with Gasteiger partial charge in [-0.3, -0.25) is 0 Å². The average molecular weight is 294 g/mol. The lowest BCUT2D eigenvalue weighted by atomic mass is 10.1. The third-order valence-corrected chi connectivity index (χ3v) is 3.61. The van der Waals surface area contributed by atoms with Crippen LogP contribution in [0.3, 0.4) is 0 Å². The number of hydrogen-bond donors (Lipinski definition) is 1. The molecule has 0 atom stereocenters. The van der Waals surface area contributed by atoms with Gasteiger partial charge in [0.2, 0.25) is 0 Å². The number of nitrogens with zero attached hydrogens (tertiary/aromatic N) is 1. The van der Waals surface area contributed by atoms with Crippen molar-refractivity contribution >= 4 is 0 Å². The molecule has 0 radical (unpaired) electrons. The summed E-state index contributed by atoms with van der Waals surface area (Å²) in [6.07, 6.45) is 0. The molecule has 3 rings (SSSR count). The van der Waals surface area contributed by atoms with E-state index in [2.05, 4.69) is 22.1 Å². The van der Waals surface area contributed by atoms with Crippen LogP contribution in [0.4, 0.5) is 0 Å². The molecule has 0 spiro atoms. The van der Waals surface area contributed by atoms with Crippen LogP contribution in [0.5, 0.6) is 11.5 Å². The van der Waals surface area contributed by atoms with Crippen molar-refractivity contribution < 1.29 is 9.47 Å². The van der Waals surface area contributed by atoms with E-state index < -0.39 is 0 Å². The van der Waals surface area contributed by atoms with Gasteiger partial charge in [0.1, 0.15) is 17.3 Å². The first-order valence-electron chi connectivity index (χ1n) is 7.07. The number of aromatic nitrogens is 2. The molecule has 0 fully saturated rings. The van der Waals surface area contributed by atoms with Gasteiger partial charge in [0, 0.05) is 6.07 Å². The first kappa shape index (κ1) is 14.2. The Morgan fingerprint density at radius 1 is 0.955 bits per heavy atom. The van der Waals surface area contributed by atoms with E-state index in [0.29, 0.717) is 0 Å². The number of benzene rings is 2. The van der Waals surface area contributed by atoms with E-state index in [0.717, 1.165) is 39.8 Å². The van der Waals surface area contributed by atoms with Crippen LogP contribution in [-0.2, 0) is 0 Å². The zero-order valence-electron chi connectivity index (χ0n) is 12.9. The Kier molecular flexibility index (Phi) is 3.83. The zero-order valence-corrected chi connectivity index (χ0v) is 12.9. The molecule has 0 aliphatic carbocycles. The van der Waals surface area contributed by atoms with Gasteiger partial charge in [-0.05, 0) is 24.6 Å². The minimum atomic E-state index is 0.729. The molecule has 2 aromatic carbocycles. The lowest BCUT2D eigenvalue weighted by Gasteiger charge is -2.08. The molecule has 0 bridgehead atoms. The number of imidazole rings is 1. The number of aryl methyl sites for hydroxylation is 1. The Morgan fingerprint density at radius 3 is 2.41 bits per heavy atom. The van der Waals surface area contributed by atoms with E-state index >= 15 is 0 Å². The first-order chi connectivity index (χ1) is 10.7. The van der Waals surface area contributed by atoms with Gasteiger partial charge in [-0.1, -0.05) is 30.3 Å². The number of rotatable bonds is 4. The molecule has 0 aliphatic rings. The Morgan fingerprint density at radius 2 is 1.73 bits per heavy atom. The van der Waals surface area contributed by atoms with E-state index in [1.165, 1.54) is 0 Å². The first-order valence-corrected chi connectivity index (χ1v) is 7.07. The predicted octanol–water partition coefficient (Wildman–Crippen LogP) is 4.07. The van der Waals surface area contributed by atoms with Gasteiger partial charge in [0.25, 0.3) is 0 Å². The van der Waals surface area contributed by atoms with Gasteiger partial charge in [-0.2, -0.15) is 0 Å². The molecular weight excluding hydrogens is 276 g/mol. The normalized spacial score (nSPS) is 10.5. The highest BCUT2D eigenvalue weighted by Crippen LogP contribution is 2.33. The maximum absolute atomic E-state index is 5.46. The third-order valence-electron chi connectivity index (χ3n) is 3.61. The predicted molar refractivity (Wildman–Crippen MR) is 87.3 cm³/mol. The monoisotopic (exact) mass is 294 g/mol. The number of H-pyrrole nitrogens is 1. The standard InChI is InChI=1S/C18H18N2O2/c1-12-17(13-7-5-4-6-8-13)20-18(19-12)15-10-9-14(21-2)11-16(15)22-3/h4-11H,1-3H3,(H,19,20). The average Bonchev–Trinajstić information content (AvgIpc) is 2.96. The lowest BCUT2D eigenvalue weighted by molar-refractivity contribution is 0.395. The number of aromatic amines is 1. The van der Waals surface area contributed by atoms with Crippen LogP contribution < -0.4 is 9.47 Å². The van der Waals surface area contributed by atoms with E-state index in [1.54, 1.807) is 14.2 Å². The highest BCUT2D eigenvalue weighted by molar-refractivity contribution is 5.71. The van der Waals surface area contributed by atoms with Crippen molar-refractivity contribution in [3.8, 4) is 34.1 Å². The topological polar surface area (TPSA) is 47.1 Å². The van der Waals surface area contributed by atoms with Crippen molar-refractivity contribution in [1.82, 2.24) is 9.97 Å². The quantitative estimate of drug-likeness (QED) is 0.789. The second kappa shape index (κ2) is 5.93. The Bertz CT molecular complexity index is 779. The van der Waals surface area contributed by atoms with Crippen molar-refractivity contribution in [3.63, 3.8) is 0 Å². The largest absolute Gasteiger partial charge is 0.497 e. The fraction of sp³-hybridized carbons (Fsp3) is 0.167. The number of ether oxygens (including phenoxy) is 2. The van der Waals surface area contributed by atoms with Crippen LogP contribution in [0.15, 0.2) is 48.5 Å². The summed E-state index contributed by atoms with van der Waals surface area (Å²) >= 11 is 0. The molecule has 4 nitrogen and oxygen atoms in total. The number of methoxy groups -OCH3 is 2. The number of nitrogens with one attached hydrogen (secondary N) is 1. The number of hydrogen-bond acceptors (Lipinski definition) is 3. The molecule has 22 heavy (non-hydrogen) atoms. The fourth-order valence-electron chi connectivity index (χ4n) is 2.47. The summed E-state index contributed by atoms with van der Waals surface area (Å²) in [5.41, 5.74) is 4.01. The minimum absolute atomic E-state index is 0.729. The van der Waals surface area contributed by atoms with Gasteiger partial charge < -0.3 is 14.5 Å². The van der Waals surface area contributed by atoms with Crippen LogP contribution in [0.2, 0.25) is 0 Å². The van der Waals surface area contributed by atoms with Crippen LogP contribution in [-0.4, -0.2) is 24.2 Å². The lowest BCUT2D eigenvalue weighted by Crippen LogP contribution is -1.91. The summed E-state index contributed by atoms with van der Waals surface area (Å²) in [4.78, 5) is 8.04. The summed E-state index contributed by atoms with van der Waals surface area (Å²) in [7, 11) is 3.28. The summed E-state index contributed by atoms with van der Waals surface area (Å²) in [6.45, 7) is 2.00. The fourth-order valence-corrected chi connectivity index (χ4v) is 2.47. The molecule has 1 heterocycles. The Balaban J connectivity index is 2.07. The summed E-state index contributed by atoms with van der Waals surface area (Å²) in [6, 6.07) is 15.9. The Hall–Kier alpha value is -2.75. The molecule has 1 aromatic heterocycles. The van der Waals surface area contributed by atoms with E-state index in [9.17, 15) is 0 Å². The Labute approximate surface area is 129 Å². The molecule has 112 valence electrons. The smallest absolute Gasteiger partial charge is 0.141 e. The zero-order chi connectivity index (χ0) is 15.5. The molecule has 0 unspecified atom stereocenters. The highest BCUT2D eigenvalue weighted by atomic mass is 16.5. The van der Waals surface area contributed by atoms with Crippen LogP contribution in [0, 0.1) is 6.92 Å². The van der Waals surface area contributed by atoms with Crippen LogP contribution in [0.25, 0.3) is 22.6 Å². The molecule has 0 saturated heterocycles. The van der Waals surface area contributed by atoms with Crippen LogP contribution >= 0.6 is 0 Å². The second-order valence-corrected chi connectivity index (χ2v) is 4.98. The van der Waals surface area contributed by atoms with Crippen molar-refractivity contribution in [2.75, 3.05) is 14.2 Å². The van der Waals surface area contributed by atoms with Gasteiger partial charge in [-0.15, -0.1) is 0 Å². The molecule has 0 saturated carbocycles. The maximum Gasteiger partial charge on any atom is 0.141 e. The van der Waals surface area contributed by atoms with E-state index in [1.807, 2.05) is 43.3 Å². The summed E-state index contributed by atoms with van der Waals surface area (Å²) < 4.78 is 10.7. The van der Waals surface area contributed by atoms with Crippen molar-refractivity contribution in [3.05, 3.63) is 54.2 Å². The van der Waals surface area contributed by atoms with Crippen molar-refractivity contribution in [2.45, 2.75) is 6.92 Å². The maximum atomic E-state index is 5.46. The van der Waals surface area contributed by atoms with Gasteiger partial charge in [0.05, 0.1) is 31.2 Å². The third kappa shape index (κ3) is 2.55. The minimum Gasteiger partial charge on any atom is -0.497 e. The van der Waals surface area contributed by atoms with E-state index in [-0.39, 0.29) is 0 Å². The highest BCUT2D eigenvalue weighted by Gasteiger charge is 2.14. The molecule has 1 N–H and O–H groups in total. The van der Waals surface area contributed by atoms with E-state index in [4.69, 9.17) is 9.47 Å². The molecule has 4 heteroatoms. The molecular formula is C18H18N2O2. The summed E-state index contributed by atoms with van der Waals surface area (Å²) in [5, 5.41) is 0. The molecule has 0 aliphatic heterocycles. The van der Waals surface area contributed by atoms with Crippen molar-refractivity contribution in [1.29, 1.82) is 0 Å². The van der Waals surface area contributed by atoms with Gasteiger partial charge in [0.15, 0.2) is 0 Å². The van der Waals surface area contributed by atoms with Crippen LogP contribution in [0.1, 0.15) is 5.69 Å². The SMILES string of the molecule is COc1ccc(-c2nc(C)c(-c3ccccc3)[nH]2)c(OC)c1. The molecule has 3 aromatic rings. The molecule has 0 amide bonds. The second-order valence-electron chi connectivity index (χ2n) is 4.98. The van der Waals surface area contributed by atoms with Crippen molar-refractivity contribution in [2.24, 2.45) is 0 Å². The summed E-state index contributed by atoms with van der Waals surface area (Å²) in [5.74, 6) is 2.27.